The van der Waals surface area contributed by atoms with E-state index >= 15 is 0 Å². The van der Waals surface area contributed by atoms with Gasteiger partial charge in [-0.3, -0.25) is 4.79 Å². The Bertz CT molecular complexity index is 603. The molecule has 1 aromatic heterocycles. The number of nitrogens with zero attached hydrogens (tertiary/aromatic N) is 4. The quantitative estimate of drug-likeness (QED) is 0.842. The first-order chi connectivity index (χ1) is 11.9. The summed E-state index contributed by atoms with van der Waals surface area (Å²) < 4.78 is 5.75. The highest BCUT2D eigenvalue weighted by molar-refractivity contribution is 5.92. The molecule has 0 saturated carbocycles. The number of hydrogen-bond acceptors (Lipinski definition) is 5. The molecule has 0 N–H and O–H groups in total. The Labute approximate surface area is 150 Å². The summed E-state index contributed by atoms with van der Waals surface area (Å²) in [5.74, 6) is 0.966. The number of piperidine rings is 1. The van der Waals surface area contributed by atoms with E-state index < -0.39 is 0 Å². The fraction of sp³-hybridized carbons (Fsp3) is 0.737. The van der Waals surface area contributed by atoms with Gasteiger partial charge in [0.05, 0.1) is 12.2 Å². The van der Waals surface area contributed by atoms with Crippen molar-refractivity contribution in [3.05, 3.63) is 17.5 Å². The lowest BCUT2D eigenvalue weighted by Crippen LogP contribution is -2.48. The molecule has 0 aromatic carbocycles. The van der Waals surface area contributed by atoms with E-state index in [2.05, 4.69) is 23.7 Å². The zero-order chi connectivity index (χ0) is 18.0. The molecular formula is C19H30N4O2. The van der Waals surface area contributed by atoms with Gasteiger partial charge in [-0.15, -0.1) is 0 Å². The SMILES string of the molecule is CC(C)c1cc(C(=O)N2C[C@@H](C)O[C@H](C)C2)nc(N2CCCCC2)n1. The second-order valence-corrected chi connectivity index (χ2v) is 7.65. The highest BCUT2D eigenvalue weighted by Crippen LogP contribution is 2.22. The number of morpholine rings is 1. The summed E-state index contributed by atoms with van der Waals surface area (Å²) in [5, 5.41) is 0. The minimum Gasteiger partial charge on any atom is -0.372 e. The summed E-state index contributed by atoms with van der Waals surface area (Å²) in [7, 11) is 0. The molecule has 2 saturated heterocycles. The van der Waals surface area contributed by atoms with E-state index in [1.54, 1.807) is 0 Å². The summed E-state index contributed by atoms with van der Waals surface area (Å²) in [6.07, 6.45) is 3.70. The predicted molar refractivity (Wildman–Crippen MR) is 98.1 cm³/mol. The van der Waals surface area contributed by atoms with Crippen LogP contribution in [0, 0.1) is 0 Å². The fourth-order valence-corrected chi connectivity index (χ4v) is 3.60. The van der Waals surface area contributed by atoms with Crippen molar-refractivity contribution in [1.29, 1.82) is 0 Å². The van der Waals surface area contributed by atoms with E-state index in [0.29, 0.717) is 24.7 Å². The molecule has 1 aromatic rings. The monoisotopic (exact) mass is 346 g/mol. The van der Waals surface area contributed by atoms with Crippen LogP contribution in [0.15, 0.2) is 6.07 Å². The second-order valence-electron chi connectivity index (χ2n) is 7.65. The maximum atomic E-state index is 13.1. The average molecular weight is 346 g/mol. The number of amides is 1. The zero-order valence-corrected chi connectivity index (χ0v) is 15.9. The lowest BCUT2D eigenvalue weighted by atomic mass is 10.1. The smallest absolute Gasteiger partial charge is 0.272 e. The molecule has 2 atom stereocenters. The number of carbonyl (C=O) groups is 1. The number of rotatable bonds is 3. The van der Waals surface area contributed by atoms with Crippen molar-refractivity contribution in [2.75, 3.05) is 31.1 Å². The van der Waals surface area contributed by atoms with Gasteiger partial charge in [0.15, 0.2) is 0 Å². The Morgan fingerprint density at radius 1 is 1.12 bits per heavy atom. The van der Waals surface area contributed by atoms with Gasteiger partial charge < -0.3 is 14.5 Å². The van der Waals surface area contributed by atoms with Gasteiger partial charge in [-0.2, -0.15) is 0 Å². The molecule has 3 heterocycles. The maximum absolute atomic E-state index is 13.1. The highest BCUT2D eigenvalue weighted by atomic mass is 16.5. The topological polar surface area (TPSA) is 58.6 Å². The molecule has 0 unspecified atom stereocenters. The summed E-state index contributed by atoms with van der Waals surface area (Å²) in [4.78, 5) is 26.5. The van der Waals surface area contributed by atoms with E-state index in [1.807, 2.05) is 24.8 Å². The third-order valence-electron chi connectivity index (χ3n) is 4.89. The van der Waals surface area contributed by atoms with Crippen LogP contribution in [-0.4, -0.2) is 59.2 Å². The van der Waals surface area contributed by atoms with Crippen LogP contribution in [0.2, 0.25) is 0 Å². The molecule has 0 spiro atoms. The summed E-state index contributed by atoms with van der Waals surface area (Å²) in [5.41, 5.74) is 1.45. The molecule has 6 heteroatoms. The van der Waals surface area contributed by atoms with Crippen molar-refractivity contribution < 1.29 is 9.53 Å². The Hall–Kier alpha value is -1.69. The molecule has 6 nitrogen and oxygen atoms in total. The first-order valence-corrected chi connectivity index (χ1v) is 9.52. The fourth-order valence-electron chi connectivity index (χ4n) is 3.60. The van der Waals surface area contributed by atoms with E-state index in [-0.39, 0.29) is 24.0 Å². The molecular weight excluding hydrogens is 316 g/mol. The molecule has 0 aliphatic carbocycles. The molecule has 2 aliphatic heterocycles. The molecule has 3 rings (SSSR count). The molecule has 0 radical (unpaired) electrons. The standard InChI is InChI=1S/C19H30N4O2/c1-13(2)16-10-17(18(24)23-11-14(3)25-15(4)12-23)21-19(20-16)22-8-6-5-7-9-22/h10,13-15H,5-9,11-12H2,1-4H3/t14-,15-/m1/s1. The molecule has 2 aliphatic rings. The van der Waals surface area contributed by atoms with Crippen LogP contribution in [0.4, 0.5) is 5.95 Å². The normalized spacial score (nSPS) is 24.7. The predicted octanol–water partition coefficient (Wildman–Crippen LogP) is 2.84. The van der Waals surface area contributed by atoms with Gasteiger partial charge in [-0.25, -0.2) is 9.97 Å². The van der Waals surface area contributed by atoms with Crippen molar-refractivity contribution in [2.24, 2.45) is 0 Å². The van der Waals surface area contributed by atoms with Gasteiger partial charge in [-0.05, 0) is 45.1 Å². The van der Waals surface area contributed by atoms with Crippen molar-refractivity contribution in [1.82, 2.24) is 14.9 Å². The van der Waals surface area contributed by atoms with Gasteiger partial charge in [0, 0.05) is 31.9 Å². The lowest BCUT2D eigenvalue weighted by Gasteiger charge is -2.35. The Morgan fingerprint density at radius 2 is 1.76 bits per heavy atom. The molecule has 1 amide bonds. The maximum Gasteiger partial charge on any atom is 0.272 e. The van der Waals surface area contributed by atoms with E-state index in [9.17, 15) is 4.79 Å². The van der Waals surface area contributed by atoms with Crippen LogP contribution in [0.3, 0.4) is 0 Å². The first kappa shape index (κ1) is 18.1. The zero-order valence-electron chi connectivity index (χ0n) is 15.9. The van der Waals surface area contributed by atoms with Crippen molar-refractivity contribution in [2.45, 2.75) is 65.1 Å². The van der Waals surface area contributed by atoms with E-state index in [1.165, 1.54) is 6.42 Å². The van der Waals surface area contributed by atoms with Crippen LogP contribution < -0.4 is 4.90 Å². The second kappa shape index (κ2) is 7.68. The minimum absolute atomic E-state index is 0.00967. The first-order valence-electron chi connectivity index (χ1n) is 9.52. The Balaban J connectivity index is 1.88. The third kappa shape index (κ3) is 4.29. The largest absolute Gasteiger partial charge is 0.372 e. The van der Waals surface area contributed by atoms with Crippen LogP contribution in [0.5, 0.6) is 0 Å². The van der Waals surface area contributed by atoms with Crippen molar-refractivity contribution in [3.63, 3.8) is 0 Å². The molecule has 138 valence electrons. The van der Waals surface area contributed by atoms with Crippen LogP contribution >= 0.6 is 0 Å². The van der Waals surface area contributed by atoms with Gasteiger partial charge in [0.25, 0.3) is 5.91 Å². The van der Waals surface area contributed by atoms with E-state index in [0.717, 1.165) is 31.6 Å². The highest BCUT2D eigenvalue weighted by Gasteiger charge is 2.28. The number of anilines is 1. The number of ether oxygens (including phenoxy) is 1. The molecule has 25 heavy (non-hydrogen) atoms. The molecule has 0 bridgehead atoms. The minimum atomic E-state index is -0.00967. The van der Waals surface area contributed by atoms with Gasteiger partial charge >= 0.3 is 0 Å². The Kier molecular flexibility index (Phi) is 5.57. The number of carbonyl (C=O) groups excluding carboxylic acids is 1. The van der Waals surface area contributed by atoms with Crippen LogP contribution in [0.25, 0.3) is 0 Å². The van der Waals surface area contributed by atoms with Gasteiger partial charge in [0.2, 0.25) is 5.95 Å². The summed E-state index contributed by atoms with van der Waals surface area (Å²) >= 11 is 0. The Morgan fingerprint density at radius 3 is 2.36 bits per heavy atom. The third-order valence-corrected chi connectivity index (χ3v) is 4.89. The summed E-state index contributed by atoms with van der Waals surface area (Å²) in [6.45, 7) is 11.4. The van der Waals surface area contributed by atoms with E-state index in [4.69, 9.17) is 9.72 Å². The average Bonchev–Trinajstić information content (AvgIpc) is 2.60. The number of aromatic nitrogens is 2. The number of hydrogen-bond donors (Lipinski definition) is 0. The summed E-state index contributed by atoms with van der Waals surface area (Å²) in [6, 6.07) is 1.87. The molecule has 2 fully saturated rings. The van der Waals surface area contributed by atoms with Crippen LogP contribution in [-0.2, 0) is 4.74 Å². The van der Waals surface area contributed by atoms with Crippen LogP contribution in [0.1, 0.15) is 69.1 Å². The van der Waals surface area contributed by atoms with Crippen molar-refractivity contribution in [3.8, 4) is 0 Å². The van der Waals surface area contributed by atoms with Gasteiger partial charge in [-0.1, -0.05) is 13.8 Å². The lowest BCUT2D eigenvalue weighted by molar-refractivity contribution is -0.0587. The van der Waals surface area contributed by atoms with Gasteiger partial charge in [0.1, 0.15) is 5.69 Å². The van der Waals surface area contributed by atoms with Crippen molar-refractivity contribution >= 4 is 11.9 Å².